The van der Waals surface area contributed by atoms with Gasteiger partial charge in [-0.15, -0.1) is 0 Å². The summed E-state index contributed by atoms with van der Waals surface area (Å²) in [6.45, 7) is 5.12. The summed E-state index contributed by atoms with van der Waals surface area (Å²) in [5.74, 6) is -3.40. The van der Waals surface area contributed by atoms with Gasteiger partial charge in [-0.2, -0.15) is 0 Å². The molecule has 0 unspecified atom stereocenters. The van der Waals surface area contributed by atoms with E-state index in [0.717, 1.165) is 31.5 Å². The Labute approximate surface area is 140 Å². The molecule has 0 saturated carbocycles. The first-order valence-electron chi connectivity index (χ1n) is 8.16. The largest absolute Gasteiger partial charge is 0.350 e. The molecule has 0 aliphatic carbocycles. The van der Waals surface area contributed by atoms with Crippen molar-refractivity contribution < 1.29 is 18.4 Å². The molecule has 0 bridgehead atoms. The molecular weight excluding hydrogens is 316 g/mol. The molecule has 2 amide bonds. The van der Waals surface area contributed by atoms with Gasteiger partial charge in [-0.1, -0.05) is 19.9 Å². The van der Waals surface area contributed by atoms with Gasteiger partial charge in [0.25, 0.3) is 5.91 Å². The van der Waals surface area contributed by atoms with Gasteiger partial charge >= 0.3 is 0 Å². The van der Waals surface area contributed by atoms with Crippen LogP contribution in [0.1, 0.15) is 37.0 Å². The molecule has 132 valence electrons. The van der Waals surface area contributed by atoms with Crippen molar-refractivity contribution in [2.75, 3.05) is 13.1 Å². The molecule has 7 heteroatoms. The highest BCUT2D eigenvalue weighted by Crippen LogP contribution is 2.13. The minimum Gasteiger partial charge on any atom is -0.350 e. The van der Waals surface area contributed by atoms with E-state index in [1.54, 1.807) is 13.8 Å². The van der Waals surface area contributed by atoms with Crippen LogP contribution >= 0.6 is 0 Å². The fraction of sp³-hybridized carbons (Fsp3) is 0.529. The van der Waals surface area contributed by atoms with Gasteiger partial charge in [0.1, 0.15) is 23.2 Å². The molecule has 3 N–H and O–H groups in total. The summed E-state index contributed by atoms with van der Waals surface area (Å²) in [5, 5.41) is 8.52. The average Bonchev–Trinajstić information content (AvgIpc) is 2.53. The Balaban J connectivity index is 2.07. The lowest BCUT2D eigenvalue weighted by molar-refractivity contribution is -0.124. The molecule has 5 nitrogen and oxygen atoms in total. The predicted octanol–water partition coefficient (Wildman–Crippen LogP) is 1.59. The normalized spacial score (nSPS) is 19.0. The lowest BCUT2D eigenvalue weighted by Gasteiger charge is -2.28. The summed E-state index contributed by atoms with van der Waals surface area (Å²) in [5.41, 5.74) is -0.671. The zero-order valence-corrected chi connectivity index (χ0v) is 13.9. The van der Waals surface area contributed by atoms with Crippen molar-refractivity contribution >= 4 is 11.8 Å². The number of carbonyl (C=O) groups excluding carboxylic acids is 2. The number of rotatable bonds is 5. The molecule has 2 atom stereocenters. The second-order valence-electron chi connectivity index (χ2n) is 6.34. The highest BCUT2D eigenvalue weighted by molar-refractivity contribution is 5.98. The van der Waals surface area contributed by atoms with Gasteiger partial charge in [0.15, 0.2) is 0 Å². The monoisotopic (exact) mass is 339 g/mol. The van der Waals surface area contributed by atoms with Gasteiger partial charge in [-0.05, 0) is 37.4 Å². The Kier molecular flexibility index (Phi) is 6.25. The molecule has 0 spiro atoms. The van der Waals surface area contributed by atoms with Crippen LogP contribution in [-0.2, 0) is 4.79 Å². The van der Waals surface area contributed by atoms with Crippen molar-refractivity contribution in [3.8, 4) is 0 Å². The molecular formula is C17H23F2N3O2. The maximum Gasteiger partial charge on any atom is 0.257 e. The maximum absolute atomic E-state index is 13.7. The van der Waals surface area contributed by atoms with E-state index in [1.807, 2.05) is 0 Å². The Morgan fingerprint density at radius 1 is 1.25 bits per heavy atom. The molecule has 0 aromatic heterocycles. The number of benzene rings is 1. The lowest BCUT2D eigenvalue weighted by Crippen LogP contribution is -2.55. The molecule has 1 aromatic carbocycles. The predicted molar refractivity (Wildman–Crippen MR) is 86.5 cm³/mol. The van der Waals surface area contributed by atoms with Crippen LogP contribution in [0.4, 0.5) is 8.78 Å². The summed E-state index contributed by atoms with van der Waals surface area (Å²) in [6, 6.07) is 2.34. The second-order valence-corrected chi connectivity index (χ2v) is 6.34. The summed E-state index contributed by atoms with van der Waals surface area (Å²) >= 11 is 0. The summed E-state index contributed by atoms with van der Waals surface area (Å²) in [6.07, 6.45) is 1.82. The Morgan fingerprint density at radius 2 is 1.92 bits per heavy atom. The summed E-state index contributed by atoms with van der Waals surface area (Å²) < 4.78 is 27.4. The summed E-state index contributed by atoms with van der Waals surface area (Å²) in [4.78, 5) is 24.7. The number of hydrogen-bond donors (Lipinski definition) is 3. The lowest BCUT2D eigenvalue weighted by atomic mass is 10.0. The first kappa shape index (κ1) is 18.3. The minimum absolute atomic E-state index is 0.00500. The molecule has 1 fully saturated rings. The van der Waals surface area contributed by atoms with Gasteiger partial charge in [-0.3, -0.25) is 9.59 Å². The zero-order valence-electron chi connectivity index (χ0n) is 13.9. The van der Waals surface area contributed by atoms with Gasteiger partial charge in [0.05, 0.1) is 0 Å². The number of hydrogen-bond acceptors (Lipinski definition) is 3. The standard InChI is InChI=1S/C17H23F2N3O2/c1-10(2)15(17(24)21-11-5-4-8-20-9-11)22-16(23)14-12(18)6-3-7-13(14)19/h3,6-7,10-11,15,20H,4-5,8-9H2,1-2H3,(H,21,24)(H,22,23)/t11-,15-/m0/s1. The molecule has 24 heavy (non-hydrogen) atoms. The third-order valence-electron chi connectivity index (χ3n) is 4.07. The Bertz CT molecular complexity index is 581. The van der Waals surface area contributed by atoms with Crippen LogP contribution in [0.25, 0.3) is 0 Å². The molecule has 1 aliphatic rings. The van der Waals surface area contributed by atoms with E-state index in [4.69, 9.17) is 0 Å². The van der Waals surface area contributed by atoms with E-state index in [0.29, 0.717) is 6.54 Å². The van der Waals surface area contributed by atoms with Crippen LogP contribution < -0.4 is 16.0 Å². The first-order chi connectivity index (χ1) is 11.4. The molecule has 1 aromatic rings. The van der Waals surface area contributed by atoms with Crippen molar-refractivity contribution in [1.82, 2.24) is 16.0 Å². The van der Waals surface area contributed by atoms with E-state index in [1.165, 1.54) is 6.07 Å². The molecule has 1 aliphatic heterocycles. The van der Waals surface area contributed by atoms with Crippen molar-refractivity contribution in [3.63, 3.8) is 0 Å². The van der Waals surface area contributed by atoms with Crippen LogP contribution in [0.3, 0.4) is 0 Å². The third-order valence-corrected chi connectivity index (χ3v) is 4.07. The summed E-state index contributed by atoms with van der Waals surface area (Å²) in [7, 11) is 0. The molecule has 2 rings (SSSR count). The van der Waals surface area contributed by atoms with Crippen LogP contribution in [0.15, 0.2) is 18.2 Å². The minimum atomic E-state index is -0.952. The Morgan fingerprint density at radius 3 is 2.46 bits per heavy atom. The van der Waals surface area contributed by atoms with Gasteiger partial charge < -0.3 is 16.0 Å². The van der Waals surface area contributed by atoms with Crippen molar-refractivity contribution in [1.29, 1.82) is 0 Å². The molecule has 0 radical (unpaired) electrons. The van der Waals surface area contributed by atoms with Crippen molar-refractivity contribution in [3.05, 3.63) is 35.4 Å². The van der Waals surface area contributed by atoms with Crippen molar-refractivity contribution in [2.45, 2.75) is 38.8 Å². The average molecular weight is 339 g/mol. The fourth-order valence-electron chi connectivity index (χ4n) is 2.73. The Hall–Kier alpha value is -2.02. The van der Waals surface area contributed by atoms with Crippen LogP contribution in [0, 0.1) is 17.6 Å². The molecule has 1 saturated heterocycles. The number of amides is 2. The fourth-order valence-corrected chi connectivity index (χ4v) is 2.73. The van der Waals surface area contributed by atoms with Gasteiger partial charge in [0.2, 0.25) is 5.91 Å². The first-order valence-corrected chi connectivity index (χ1v) is 8.16. The topological polar surface area (TPSA) is 70.2 Å². The van der Waals surface area contributed by atoms with Crippen molar-refractivity contribution in [2.24, 2.45) is 5.92 Å². The zero-order chi connectivity index (χ0) is 17.7. The number of piperidine rings is 1. The smallest absolute Gasteiger partial charge is 0.257 e. The van der Waals surface area contributed by atoms with Crippen LogP contribution in [0.2, 0.25) is 0 Å². The number of halogens is 2. The number of carbonyl (C=O) groups is 2. The highest BCUT2D eigenvalue weighted by atomic mass is 19.1. The van der Waals surface area contributed by atoms with E-state index >= 15 is 0 Å². The van der Waals surface area contributed by atoms with E-state index in [9.17, 15) is 18.4 Å². The third kappa shape index (κ3) is 4.50. The highest BCUT2D eigenvalue weighted by Gasteiger charge is 2.28. The quantitative estimate of drug-likeness (QED) is 0.763. The van der Waals surface area contributed by atoms with Gasteiger partial charge in [-0.25, -0.2) is 8.78 Å². The molecule has 1 heterocycles. The van der Waals surface area contributed by atoms with E-state index in [2.05, 4.69) is 16.0 Å². The van der Waals surface area contributed by atoms with Crippen LogP contribution in [-0.4, -0.2) is 37.0 Å². The number of nitrogens with one attached hydrogen (secondary N) is 3. The van der Waals surface area contributed by atoms with E-state index in [-0.39, 0.29) is 17.9 Å². The van der Waals surface area contributed by atoms with Crippen LogP contribution in [0.5, 0.6) is 0 Å². The SMILES string of the molecule is CC(C)[C@H](NC(=O)c1c(F)cccc1F)C(=O)N[C@H]1CCCNC1. The second kappa shape index (κ2) is 8.19. The van der Waals surface area contributed by atoms with Gasteiger partial charge in [0, 0.05) is 12.6 Å². The maximum atomic E-state index is 13.7. The van der Waals surface area contributed by atoms with E-state index < -0.39 is 29.1 Å².